The number of aliphatic hydroxyl groups excluding tert-OH is 1. The molecule has 0 aliphatic rings. The van der Waals surface area contributed by atoms with E-state index in [1.165, 1.54) is 44.9 Å². The van der Waals surface area contributed by atoms with Gasteiger partial charge in [-0.3, -0.25) is 37.3 Å². The molecule has 0 saturated heterocycles. The van der Waals surface area contributed by atoms with Crippen LogP contribution in [0.4, 0.5) is 0 Å². The van der Waals surface area contributed by atoms with Crippen LogP contribution in [0.1, 0.15) is 285 Å². The Labute approximate surface area is 617 Å². The molecule has 5 atom stereocenters. The minimum atomic E-state index is -5.00. The van der Waals surface area contributed by atoms with Gasteiger partial charge in [-0.2, -0.15) is 0 Å². The number of carbonyl (C=O) groups is 4. The summed E-state index contributed by atoms with van der Waals surface area (Å²) in [6.45, 7) is 4.41. The largest absolute Gasteiger partial charge is 0.472 e. The Morgan fingerprint density at radius 3 is 0.912 bits per heavy atom. The van der Waals surface area contributed by atoms with Crippen LogP contribution in [0.5, 0.6) is 0 Å². The van der Waals surface area contributed by atoms with Crippen LogP contribution in [0.3, 0.4) is 0 Å². The van der Waals surface area contributed by atoms with Gasteiger partial charge < -0.3 is 33.8 Å². The molecule has 3 N–H and O–H groups in total. The Morgan fingerprint density at radius 1 is 0.284 bits per heavy atom. The highest BCUT2D eigenvalue weighted by Gasteiger charge is 2.30. The Balaban J connectivity index is 5.45. The van der Waals surface area contributed by atoms with Crippen molar-refractivity contribution in [1.29, 1.82) is 0 Å². The summed E-state index contributed by atoms with van der Waals surface area (Å²) >= 11 is 0. The van der Waals surface area contributed by atoms with E-state index in [2.05, 4.69) is 155 Å². The topological polar surface area (TPSA) is 237 Å². The van der Waals surface area contributed by atoms with Crippen LogP contribution in [0.2, 0.25) is 0 Å². The lowest BCUT2D eigenvalue weighted by Gasteiger charge is -2.21. The summed E-state index contributed by atoms with van der Waals surface area (Å²) in [5.74, 6) is -2.37. The highest BCUT2D eigenvalue weighted by Crippen LogP contribution is 2.45. The van der Waals surface area contributed by atoms with Crippen LogP contribution in [0.15, 0.2) is 158 Å². The van der Waals surface area contributed by atoms with Crippen LogP contribution in [-0.4, -0.2) is 96.7 Å². The Bertz CT molecular complexity index is 2550. The van der Waals surface area contributed by atoms with Gasteiger partial charge in [0.15, 0.2) is 12.2 Å². The average Bonchev–Trinajstić information content (AvgIpc) is 0.926. The van der Waals surface area contributed by atoms with Gasteiger partial charge in [0.05, 0.1) is 26.4 Å². The van der Waals surface area contributed by atoms with E-state index < -0.39 is 97.5 Å². The highest BCUT2D eigenvalue weighted by molar-refractivity contribution is 7.47. The van der Waals surface area contributed by atoms with Crippen molar-refractivity contribution in [2.75, 3.05) is 39.6 Å². The number of phosphoric acid groups is 2. The molecule has 580 valence electrons. The molecular weight excluding hydrogens is 1330 g/mol. The third-order valence-electron chi connectivity index (χ3n) is 15.5. The minimum Gasteiger partial charge on any atom is -0.462 e. The van der Waals surface area contributed by atoms with Crippen LogP contribution in [0, 0.1) is 0 Å². The number of hydrogen-bond donors (Lipinski definition) is 3. The molecular formula is C83H136O17P2. The van der Waals surface area contributed by atoms with E-state index in [1.54, 1.807) is 0 Å². The number of ether oxygens (including phenoxy) is 4. The number of rotatable bonds is 71. The summed E-state index contributed by atoms with van der Waals surface area (Å²) < 4.78 is 68.3. The van der Waals surface area contributed by atoms with E-state index in [0.29, 0.717) is 38.5 Å². The molecule has 102 heavy (non-hydrogen) atoms. The third-order valence-corrected chi connectivity index (χ3v) is 17.4. The molecule has 0 saturated carbocycles. The Hall–Kier alpha value is -5.32. The maximum Gasteiger partial charge on any atom is 0.472 e. The molecule has 0 amide bonds. The number of allylic oxidation sites excluding steroid dienone is 26. The van der Waals surface area contributed by atoms with Crippen molar-refractivity contribution in [3.63, 3.8) is 0 Å². The first-order chi connectivity index (χ1) is 49.7. The van der Waals surface area contributed by atoms with Gasteiger partial charge in [-0.15, -0.1) is 0 Å². The van der Waals surface area contributed by atoms with Crippen LogP contribution < -0.4 is 0 Å². The zero-order valence-corrected chi connectivity index (χ0v) is 65.0. The summed E-state index contributed by atoms with van der Waals surface area (Å²) in [5.41, 5.74) is 0. The highest BCUT2D eigenvalue weighted by atomic mass is 31.2. The lowest BCUT2D eigenvalue weighted by atomic mass is 10.1. The molecule has 0 spiro atoms. The molecule has 0 aromatic heterocycles. The van der Waals surface area contributed by atoms with Crippen molar-refractivity contribution in [3.05, 3.63) is 158 Å². The number of esters is 4. The average molecular weight is 1470 g/mol. The summed E-state index contributed by atoms with van der Waals surface area (Å²) in [6.07, 6.45) is 85.5. The standard InChI is InChI=1S/C83H136O17P2/c1-5-9-13-17-21-25-29-32-35-37-38-40-43-45-49-52-56-60-64-68-80(85)93-73-78(99-82(87)69-65-61-57-53-47-28-24-20-16-12-8-4)75-97-101(89,90)95-71-77(84)72-96-102(91,92)98-76-79(100-83(88)70-66-62-58-54-50-46-41-34-31-27-23-19-15-11-7-3)74-94-81(86)67-63-59-55-51-48-44-42-39-36-33-30-26-22-18-14-10-6-2/h9-10,13-14,20-22,24-26,32-36,38,40-42,44-45,49,51,55-56,60,77-79,84H,5-8,11-12,15-19,23,27-31,37,39,43,46-48,50,52-54,57-59,61-76H2,1-4H3,(H,89,90)(H,91,92)/b13-9-,14-10-,24-20-,25-21-,26-22-,35-32-,36-33-,40-38-,41-34-,44-42-,49-45-,55-51-,60-56-. The fourth-order valence-corrected chi connectivity index (χ4v) is 11.2. The molecule has 0 aromatic rings. The third kappa shape index (κ3) is 73.0. The van der Waals surface area contributed by atoms with Gasteiger partial charge in [0.1, 0.15) is 19.3 Å². The van der Waals surface area contributed by atoms with E-state index in [4.69, 9.17) is 37.0 Å². The molecule has 0 aromatic carbocycles. The normalized spacial score (nSPS) is 14.8. The van der Waals surface area contributed by atoms with E-state index >= 15 is 0 Å². The molecule has 19 heteroatoms. The lowest BCUT2D eigenvalue weighted by Crippen LogP contribution is -2.30. The van der Waals surface area contributed by atoms with Gasteiger partial charge in [0.25, 0.3) is 0 Å². The van der Waals surface area contributed by atoms with Gasteiger partial charge in [-0.05, 0) is 148 Å². The van der Waals surface area contributed by atoms with Gasteiger partial charge in [-0.25, -0.2) is 9.13 Å². The van der Waals surface area contributed by atoms with Crippen molar-refractivity contribution >= 4 is 39.5 Å². The fraction of sp³-hybridized carbons (Fsp3) is 0.639. The predicted molar refractivity (Wildman–Crippen MR) is 417 cm³/mol. The number of hydrogen-bond acceptors (Lipinski definition) is 15. The molecule has 0 fully saturated rings. The molecule has 0 heterocycles. The maximum atomic E-state index is 13.1. The van der Waals surface area contributed by atoms with E-state index in [1.807, 2.05) is 30.4 Å². The van der Waals surface area contributed by atoms with Gasteiger partial charge in [0.2, 0.25) is 0 Å². The lowest BCUT2D eigenvalue weighted by molar-refractivity contribution is -0.161. The first-order valence-electron chi connectivity index (χ1n) is 38.7. The second-order valence-corrected chi connectivity index (χ2v) is 28.1. The number of phosphoric ester groups is 2. The van der Waals surface area contributed by atoms with Crippen LogP contribution in [-0.2, 0) is 65.4 Å². The van der Waals surface area contributed by atoms with Crippen molar-refractivity contribution < 1.29 is 80.2 Å². The fourth-order valence-electron chi connectivity index (χ4n) is 9.61. The zero-order chi connectivity index (χ0) is 74.6. The molecule has 0 bridgehead atoms. The number of aliphatic hydroxyl groups is 1. The first kappa shape index (κ1) is 96.7. The molecule has 5 unspecified atom stereocenters. The van der Waals surface area contributed by atoms with E-state index in [9.17, 15) is 43.2 Å². The first-order valence-corrected chi connectivity index (χ1v) is 41.7. The van der Waals surface area contributed by atoms with Crippen LogP contribution >= 0.6 is 15.6 Å². The molecule has 0 rings (SSSR count). The molecule has 0 aliphatic carbocycles. The zero-order valence-electron chi connectivity index (χ0n) is 63.2. The smallest absolute Gasteiger partial charge is 0.462 e. The van der Waals surface area contributed by atoms with Gasteiger partial charge in [0, 0.05) is 25.7 Å². The Kier molecular flexibility index (Phi) is 70.1. The summed E-state index contributed by atoms with van der Waals surface area (Å²) in [4.78, 5) is 72.8. The van der Waals surface area contributed by atoms with E-state index in [-0.39, 0.29) is 25.7 Å². The van der Waals surface area contributed by atoms with Crippen molar-refractivity contribution in [2.45, 2.75) is 303 Å². The molecule has 17 nitrogen and oxygen atoms in total. The number of unbranched alkanes of at least 4 members (excludes halogenated alkanes) is 19. The molecule has 0 radical (unpaired) electrons. The summed E-state index contributed by atoms with van der Waals surface area (Å²) in [6, 6.07) is 0. The van der Waals surface area contributed by atoms with Crippen LogP contribution in [0.25, 0.3) is 0 Å². The summed E-state index contributed by atoms with van der Waals surface area (Å²) in [5, 5.41) is 10.6. The second kappa shape index (κ2) is 74.0. The van der Waals surface area contributed by atoms with E-state index in [0.717, 1.165) is 148 Å². The SMILES string of the molecule is CC/C=C\C/C=C\C/C=C\C/C=C\C/C=C\C/C=C\CCC(=O)OCC(COP(=O)(O)OCC(O)COP(=O)(O)OCC(COC(=O)CCC/C=C\C/C=C\C/C=C\C/C=C\C/C=C\CC)OC(=O)CCCCCCC/C=C\CCCCCCCC)OC(=O)CCCCCCC/C=C\CCCC. The van der Waals surface area contributed by atoms with Crippen molar-refractivity contribution in [2.24, 2.45) is 0 Å². The second-order valence-electron chi connectivity index (χ2n) is 25.2. The predicted octanol–water partition coefficient (Wildman–Crippen LogP) is 22.4. The van der Waals surface area contributed by atoms with Crippen molar-refractivity contribution in [1.82, 2.24) is 0 Å². The molecule has 0 aliphatic heterocycles. The van der Waals surface area contributed by atoms with Gasteiger partial charge in [-0.1, -0.05) is 269 Å². The minimum absolute atomic E-state index is 0.0290. The maximum absolute atomic E-state index is 13.1. The monoisotopic (exact) mass is 1470 g/mol. The quantitative estimate of drug-likeness (QED) is 0.0169. The van der Waals surface area contributed by atoms with Crippen molar-refractivity contribution in [3.8, 4) is 0 Å². The number of carbonyl (C=O) groups excluding carboxylic acids is 4. The Morgan fingerprint density at radius 2 is 0.549 bits per heavy atom. The summed E-state index contributed by atoms with van der Waals surface area (Å²) in [7, 11) is -10.0. The van der Waals surface area contributed by atoms with Gasteiger partial charge >= 0.3 is 39.5 Å².